The molecule has 0 radical (unpaired) electrons. The van der Waals surface area contributed by atoms with Gasteiger partial charge in [0, 0.05) is 18.4 Å². The van der Waals surface area contributed by atoms with Crippen LogP contribution in [-0.4, -0.2) is 11.7 Å². The monoisotopic (exact) mass is 254 g/mol. The maximum atomic E-state index is 9.01. The zero-order valence-electron chi connectivity index (χ0n) is 10.3. The molecule has 0 aliphatic heterocycles. The van der Waals surface area contributed by atoms with Crippen LogP contribution < -0.4 is 10.5 Å². The Bertz CT molecular complexity index is 618. The van der Waals surface area contributed by atoms with Crippen molar-refractivity contribution in [3.05, 3.63) is 53.6 Å². The van der Waals surface area contributed by atoms with Crippen molar-refractivity contribution in [1.82, 2.24) is 0 Å². The lowest BCUT2D eigenvalue weighted by molar-refractivity contribution is 0.298. The molecule has 3 N–H and O–H groups in total. The second-order valence-corrected chi connectivity index (χ2v) is 4.04. The Morgan fingerprint density at radius 3 is 2.74 bits per heavy atom. The van der Waals surface area contributed by atoms with E-state index < -0.39 is 0 Å². The number of rotatable bonds is 4. The molecule has 0 amide bonds. The molecule has 0 unspecified atom stereocenters. The zero-order chi connectivity index (χ0) is 13.7. The van der Waals surface area contributed by atoms with E-state index in [0.717, 1.165) is 5.56 Å². The fourth-order valence-electron chi connectivity index (χ4n) is 1.75. The van der Waals surface area contributed by atoms with Crippen molar-refractivity contribution < 1.29 is 9.84 Å². The van der Waals surface area contributed by atoms with Crippen molar-refractivity contribution in [3.8, 4) is 17.6 Å². The first-order valence-electron chi connectivity index (χ1n) is 5.91. The summed E-state index contributed by atoms with van der Waals surface area (Å²) in [6.45, 7) is 0.0611. The van der Waals surface area contributed by atoms with Gasteiger partial charge < -0.3 is 15.6 Å². The Labute approximate surface area is 111 Å². The highest BCUT2D eigenvalue weighted by Gasteiger charge is 2.06. The van der Waals surface area contributed by atoms with Crippen LogP contribution in [-0.2, 0) is 6.42 Å². The Morgan fingerprint density at radius 2 is 2.00 bits per heavy atom. The van der Waals surface area contributed by atoms with Gasteiger partial charge in [0.25, 0.3) is 0 Å². The Morgan fingerprint density at radius 1 is 1.21 bits per heavy atom. The van der Waals surface area contributed by atoms with Gasteiger partial charge in [-0.05, 0) is 30.2 Å². The summed E-state index contributed by atoms with van der Waals surface area (Å²) in [5.41, 5.74) is 7.39. The van der Waals surface area contributed by atoms with Gasteiger partial charge in [-0.25, -0.2) is 0 Å². The molecule has 0 aliphatic carbocycles. The van der Waals surface area contributed by atoms with Crippen LogP contribution in [0.15, 0.2) is 42.5 Å². The second kappa shape index (κ2) is 5.89. The van der Waals surface area contributed by atoms with E-state index >= 15 is 0 Å². The number of aliphatic hydroxyl groups excluding tert-OH is 1. The smallest absolute Gasteiger partial charge is 0.130 e. The summed E-state index contributed by atoms with van der Waals surface area (Å²) in [6.07, 6.45) is 0.524. The van der Waals surface area contributed by atoms with E-state index in [4.69, 9.17) is 20.8 Å². The SMILES string of the molecule is N#Cc1cc(Oc2ccccc2CCO)ccc1N. The van der Waals surface area contributed by atoms with Crippen molar-refractivity contribution in [2.45, 2.75) is 6.42 Å². The summed E-state index contributed by atoms with van der Waals surface area (Å²) in [5, 5.41) is 17.9. The minimum absolute atomic E-state index is 0.0611. The van der Waals surface area contributed by atoms with E-state index in [2.05, 4.69) is 0 Å². The third-order valence-corrected chi connectivity index (χ3v) is 2.73. The molecule has 0 saturated carbocycles. The standard InChI is InChI=1S/C15H14N2O2/c16-10-12-9-13(5-6-14(12)17)19-15-4-2-1-3-11(15)7-8-18/h1-6,9,18H,7-8,17H2. The summed E-state index contributed by atoms with van der Waals surface area (Å²) in [6, 6.07) is 14.4. The topological polar surface area (TPSA) is 79.3 Å². The summed E-state index contributed by atoms with van der Waals surface area (Å²) in [5.74, 6) is 1.22. The lowest BCUT2D eigenvalue weighted by Crippen LogP contribution is -1.96. The molecule has 2 aromatic rings. The summed E-state index contributed by atoms with van der Waals surface area (Å²) in [7, 11) is 0. The van der Waals surface area contributed by atoms with Crippen molar-refractivity contribution in [1.29, 1.82) is 5.26 Å². The van der Waals surface area contributed by atoms with Crippen LogP contribution in [0.5, 0.6) is 11.5 Å². The molecule has 4 nitrogen and oxygen atoms in total. The fraction of sp³-hybridized carbons (Fsp3) is 0.133. The number of nitrogens with two attached hydrogens (primary N) is 1. The summed E-state index contributed by atoms with van der Waals surface area (Å²) >= 11 is 0. The molecule has 0 heterocycles. The fourth-order valence-corrected chi connectivity index (χ4v) is 1.75. The highest BCUT2D eigenvalue weighted by Crippen LogP contribution is 2.27. The third kappa shape index (κ3) is 3.03. The molecule has 0 saturated heterocycles. The van der Waals surface area contributed by atoms with Gasteiger partial charge in [0.15, 0.2) is 0 Å². The molecule has 0 aromatic heterocycles. The molecule has 2 rings (SSSR count). The van der Waals surface area contributed by atoms with E-state index in [0.29, 0.717) is 29.2 Å². The second-order valence-electron chi connectivity index (χ2n) is 4.04. The number of hydrogen-bond acceptors (Lipinski definition) is 4. The van der Waals surface area contributed by atoms with Crippen LogP contribution >= 0.6 is 0 Å². The highest BCUT2D eigenvalue weighted by molar-refractivity contribution is 5.57. The van der Waals surface area contributed by atoms with Gasteiger partial charge in [0.2, 0.25) is 0 Å². The molecule has 2 aromatic carbocycles. The number of ether oxygens (including phenoxy) is 1. The third-order valence-electron chi connectivity index (χ3n) is 2.73. The van der Waals surface area contributed by atoms with Crippen LogP contribution in [0.4, 0.5) is 5.69 Å². The number of para-hydroxylation sites is 1. The van der Waals surface area contributed by atoms with Crippen molar-refractivity contribution in [3.63, 3.8) is 0 Å². The zero-order valence-corrected chi connectivity index (χ0v) is 10.3. The predicted molar refractivity (Wildman–Crippen MR) is 72.9 cm³/mol. The first-order valence-corrected chi connectivity index (χ1v) is 5.91. The minimum atomic E-state index is 0.0611. The minimum Gasteiger partial charge on any atom is -0.457 e. The first kappa shape index (κ1) is 12.9. The number of anilines is 1. The van der Waals surface area contributed by atoms with Gasteiger partial charge in [-0.2, -0.15) is 5.26 Å². The van der Waals surface area contributed by atoms with Gasteiger partial charge in [0.05, 0.1) is 5.56 Å². The van der Waals surface area contributed by atoms with Gasteiger partial charge in [-0.15, -0.1) is 0 Å². The van der Waals surface area contributed by atoms with Crippen LogP contribution in [0.3, 0.4) is 0 Å². The number of benzene rings is 2. The van der Waals surface area contributed by atoms with Gasteiger partial charge in [-0.1, -0.05) is 18.2 Å². The van der Waals surface area contributed by atoms with Crippen LogP contribution in [0, 0.1) is 11.3 Å². The van der Waals surface area contributed by atoms with Crippen LogP contribution in [0.1, 0.15) is 11.1 Å². The molecule has 0 atom stereocenters. The number of aliphatic hydroxyl groups is 1. The number of hydrogen-bond donors (Lipinski definition) is 2. The van der Waals surface area contributed by atoms with Crippen molar-refractivity contribution in [2.24, 2.45) is 0 Å². The first-order chi connectivity index (χ1) is 9.24. The molecular formula is C15H14N2O2. The summed E-state index contributed by atoms with van der Waals surface area (Å²) in [4.78, 5) is 0. The maximum Gasteiger partial charge on any atom is 0.130 e. The average Bonchev–Trinajstić information content (AvgIpc) is 2.43. The highest BCUT2D eigenvalue weighted by atomic mass is 16.5. The Balaban J connectivity index is 2.29. The normalized spacial score (nSPS) is 9.89. The number of nitrogen functional groups attached to an aromatic ring is 1. The van der Waals surface area contributed by atoms with Crippen LogP contribution in [0.2, 0.25) is 0 Å². The molecule has 96 valence electrons. The Hall–Kier alpha value is -2.51. The number of nitriles is 1. The lowest BCUT2D eigenvalue weighted by Gasteiger charge is -2.11. The van der Waals surface area contributed by atoms with E-state index in [9.17, 15) is 0 Å². The Kier molecular flexibility index (Phi) is 4.01. The molecule has 0 fully saturated rings. The molecule has 0 spiro atoms. The van der Waals surface area contributed by atoms with E-state index in [1.54, 1.807) is 18.2 Å². The average molecular weight is 254 g/mol. The van der Waals surface area contributed by atoms with E-state index in [1.165, 1.54) is 0 Å². The molecule has 19 heavy (non-hydrogen) atoms. The molecular weight excluding hydrogens is 240 g/mol. The molecule has 0 bridgehead atoms. The van der Waals surface area contributed by atoms with Gasteiger partial charge >= 0.3 is 0 Å². The summed E-state index contributed by atoms with van der Waals surface area (Å²) < 4.78 is 5.74. The predicted octanol–water partition coefficient (Wildman–Crippen LogP) is 2.47. The molecule has 0 aliphatic rings. The largest absolute Gasteiger partial charge is 0.457 e. The van der Waals surface area contributed by atoms with Crippen LogP contribution in [0.25, 0.3) is 0 Å². The quantitative estimate of drug-likeness (QED) is 0.821. The van der Waals surface area contributed by atoms with E-state index in [-0.39, 0.29) is 6.61 Å². The maximum absolute atomic E-state index is 9.01. The number of nitrogens with zero attached hydrogens (tertiary/aromatic N) is 1. The van der Waals surface area contributed by atoms with Gasteiger partial charge in [0.1, 0.15) is 17.6 Å². The van der Waals surface area contributed by atoms with Crippen molar-refractivity contribution >= 4 is 5.69 Å². The molecule has 4 heteroatoms. The lowest BCUT2D eigenvalue weighted by atomic mass is 10.1. The van der Waals surface area contributed by atoms with Gasteiger partial charge in [-0.3, -0.25) is 0 Å². The van der Waals surface area contributed by atoms with Crippen molar-refractivity contribution in [2.75, 3.05) is 12.3 Å². The van der Waals surface area contributed by atoms with E-state index in [1.807, 2.05) is 30.3 Å².